The predicted molar refractivity (Wildman–Crippen MR) is 351 cm³/mol. The molecular formula is C74H117NO8. The number of hydrogen-bond acceptors (Lipinski definition) is 8. The Kier molecular flexibility index (Phi) is 58.6. The van der Waals surface area contributed by atoms with Crippen LogP contribution in [0.2, 0.25) is 0 Å². The second-order valence-corrected chi connectivity index (χ2v) is 21.9. The Hall–Kier alpha value is -5.35. The zero-order valence-electron chi connectivity index (χ0n) is 53.0. The monoisotopic (exact) mass is 1150 g/mol. The van der Waals surface area contributed by atoms with Crippen molar-refractivity contribution in [1.82, 2.24) is 0 Å². The molecule has 2 atom stereocenters. The van der Waals surface area contributed by atoms with Crippen molar-refractivity contribution >= 4 is 17.9 Å². The van der Waals surface area contributed by atoms with Crippen LogP contribution in [0.4, 0.5) is 0 Å². The highest BCUT2D eigenvalue weighted by Gasteiger charge is 2.22. The van der Waals surface area contributed by atoms with Crippen LogP contribution >= 0.6 is 0 Å². The van der Waals surface area contributed by atoms with Crippen molar-refractivity contribution < 1.29 is 42.9 Å². The minimum absolute atomic E-state index is 0.134. The van der Waals surface area contributed by atoms with Crippen molar-refractivity contribution in [3.05, 3.63) is 170 Å². The lowest BCUT2D eigenvalue weighted by Crippen LogP contribution is -2.44. The molecule has 2 unspecified atom stereocenters. The summed E-state index contributed by atoms with van der Waals surface area (Å²) in [4.78, 5) is 37.3. The minimum atomic E-state index is -1.64. The fourth-order valence-electron chi connectivity index (χ4n) is 8.08. The number of allylic oxidation sites excluding steroid dienone is 28. The quantitative estimate of drug-likeness (QED) is 0.0195. The summed E-state index contributed by atoms with van der Waals surface area (Å²) in [5.74, 6) is -2.34. The minimum Gasteiger partial charge on any atom is -0.545 e. The third-order valence-electron chi connectivity index (χ3n) is 13.0. The van der Waals surface area contributed by atoms with Crippen molar-refractivity contribution in [1.29, 1.82) is 0 Å². The van der Waals surface area contributed by atoms with Crippen LogP contribution < -0.4 is 5.11 Å². The third-order valence-corrected chi connectivity index (χ3v) is 13.0. The van der Waals surface area contributed by atoms with Gasteiger partial charge in [-0.05, 0) is 128 Å². The van der Waals surface area contributed by atoms with Crippen LogP contribution in [0, 0.1) is 0 Å². The van der Waals surface area contributed by atoms with Gasteiger partial charge in [0, 0.05) is 12.8 Å². The largest absolute Gasteiger partial charge is 0.545 e. The number of quaternary nitrogens is 1. The first-order chi connectivity index (χ1) is 40.6. The molecule has 0 aromatic heterocycles. The maximum atomic E-state index is 12.9. The van der Waals surface area contributed by atoms with Gasteiger partial charge in [0.2, 0.25) is 0 Å². The molecule has 9 heteroatoms. The van der Waals surface area contributed by atoms with Gasteiger partial charge in [0.1, 0.15) is 13.2 Å². The van der Waals surface area contributed by atoms with E-state index in [1.54, 1.807) is 0 Å². The highest BCUT2D eigenvalue weighted by Crippen LogP contribution is 2.14. The van der Waals surface area contributed by atoms with Gasteiger partial charge in [-0.2, -0.15) is 0 Å². The number of carboxylic acid groups (broad SMARTS) is 1. The van der Waals surface area contributed by atoms with E-state index in [1.165, 1.54) is 38.5 Å². The number of hydrogen-bond donors (Lipinski definition) is 0. The molecule has 0 N–H and O–H groups in total. The topological polar surface area (TPSA) is 111 Å². The van der Waals surface area contributed by atoms with Crippen molar-refractivity contribution in [2.45, 2.75) is 232 Å². The summed E-state index contributed by atoms with van der Waals surface area (Å²) in [6.07, 6.45) is 91.4. The zero-order chi connectivity index (χ0) is 60.5. The Bertz CT molecular complexity index is 1960. The molecule has 0 amide bonds. The Morgan fingerprint density at radius 3 is 0.964 bits per heavy atom. The van der Waals surface area contributed by atoms with Gasteiger partial charge in [-0.25, -0.2) is 0 Å². The fraction of sp³-hybridized carbons (Fsp3) is 0.581. The van der Waals surface area contributed by atoms with E-state index < -0.39 is 24.3 Å². The van der Waals surface area contributed by atoms with E-state index in [0.717, 1.165) is 141 Å². The van der Waals surface area contributed by atoms with Gasteiger partial charge in [0.15, 0.2) is 12.4 Å². The molecule has 0 radical (unpaired) electrons. The molecule has 9 nitrogen and oxygen atoms in total. The van der Waals surface area contributed by atoms with Gasteiger partial charge in [0.05, 0.1) is 40.3 Å². The molecule has 0 heterocycles. The molecule has 0 rings (SSSR count). The SMILES string of the molecule is CC/C=C\C/C=C\C/C=C\C/C=C\C/C=C\C/C=C\C/C=C\C/C=C\C/C=C\C/C=C\CCCCCCCCCCCCC(=O)OC(COC(=O)CCCCCC/C=C\C/C=C\C/C=C\C/C=C\CC)COC(OCC[N+](C)(C)C)C(=O)[O-]. The van der Waals surface area contributed by atoms with Crippen molar-refractivity contribution in [2.75, 3.05) is 47.5 Å². The van der Waals surface area contributed by atoms with E-state index in [0.29, 0.717) is 23.9 Å². The second kappa shape index (κ2) is 62.7. The van der Waals surface area contributed by atoms with Gasteiger partial charge >= 0.3 is 11.9 Å². The third kappa shape index (κ3) is 64.1. The summed E-state index contributed by atoms with van der Waals surface area (Å²) in [6.45, 7) is 4.46. The number of aliphatic carboxylic acids is 1. The molecule has 83 heavy (non-hydrogen) atoms. The fourth-order valence-corrected chi connectivity index (χ4v) is 8.08. The van der Waals surface area contributed by atoms with E-state index in [9.17, 15) is 19.5 Å². The summed E-state index contributed by atoms with van der Waals surface area (Å²) in [5, 5.41) is 11.8. The van der Waals surface area contributed by atoms with Gasteiger partial charge in [-0.15, -0.1) is 0 Å². The molecule has 466 valence electrons. The lowest BCUT2D eigenvalue weighted by Gasteiger charge is -2.26. The maximum Gasteiger partial charge on any atom is 0.306 e. The number of nitrogens with zero attached hydrogens (tertiary/aromatic N) is 1. The van der Waals surface area contributed by atoms with Gasteiger partial charge < -0.3 is 33.3 Å². The summed E-state index contributed by atoms with van der Waals surface area (Å²) in [7, 11) is 5.90. The molecular weight excluding hydrogens is 1030 g/mol. The van der Waals surface area contributed by atoms with E-state index in [2.05, 4.69) is 184 Å². The number of rotatable bonds is 57. The summed E-state index contributed by atoms with van der Waals surface area (Å²) < 4.78 is 22.7. The highest BCUT2D eigenvalue weighted by molar-refractivity contribution is 5.70. The molecule has 0 aromatic rings. The summed E-state index contributed by atoms with van der Waals surface area (Å²) in [6, 6.07) is 0. The highest BCUT2D eigenvalue weighted by atomic mass is 16.7. The lowest BCUT2D eigenvalue weighted by molar-refractivity contribution is -0.870. The molecule has 0 bridgehead atoms. The van der Waals surface area contributed by atoms with E-state index in [1.807, 2.05) is 21.1 Å². The maximum absolute atomic E-state index is 12.9. The Morgan fingerprint density at radius 1 is 0.361 bits per heavy atom. The lowest BCUT2D eigenvalue weighted by atomic mass is 10.0. The van der Waals surface area contributed by atoms with Crippen LogP contribution in [-0.2, 0) is 33.3 Å². The van der Waals surface area contributed by atoms with E-state index in [4.69, 9.17) is 18.9 Å². The smallest absolute Gasteiger partial charge is 0.306 e. The molecule has 0 spiro atoms. The number of esters is 2. The van der Waals surface area contributed by atoms with E-state index >= 15 is 0 Å². The zero-order valence-corrected chi connectivity index (χ0v) is 53.0. The standard InChI is InChI=1S/C74H117NO8/c1-6-8-10-12-14-16-18-20-22-24-25-26-27-28-29-30-31-32-33-34-35-36-37-38-39-40-41-42-43-44-45-46-47-49-51-53-55-57-59-61-63-65-72(77)83-70(69-82-74(73(78)79)80-67-66-75(3,4)5)68-81-71(76)64-62-60-58-56-54-52-50-48-23-21-19-17-15-13-11-9-7-2/h8-11,14-17,20-23,25-26,28-29,31-32,34-35,37-38,40-41,43-44,50,52,70,74H,6-7,12-13,18-19,24,27,30,33,36,39,42,45-49,51,53-69H2,1-5H3/b10-8-,11-9-,16-14-,17-15-,22-20-,23-21-,26-25-,29-28-,32-31-,35-34-,38-37-,41-40-,44-43-,52-50-. The van der Waals surface area contributed by atoms with Crippen molar-refractivity contribution in [3.63, 3.8) is 0 Å². The molecule has 0 aromatic carbocycles. The van der Waals surface area contributed by atoms with Crippen LogP contribution in [0.1, 0.15) is 219 Å². The van der Waals surface area contributed by atoms with Crippen LogP contribution in [0.15, 0.2) is 170 Å². The number of unbranched alkanes of at least 4 members (excludes halogenated alkanes) is 14. The number of carboxylic acids is 1. The van der Waals surface area contributed by atoms with Gasteiger partial charge in [-0.3, -0.25) is 9.59 Å². The molecule has 0 aliphatic rings. The predicted octanol–water partition coefficient (Wildman–Crippen LogP) is 18.6. The summed E-state index contributed by atoms with van der Waals surface area (Å²) >= 11 is 0. The Labute approximate surface area is 507 Å². The van der Waals surface area contributed by atoms with Crippen LogP contribution in [-0.4, -0.2) is 82.3 Å². The Balaban J connectivity index is 4.18. The molecule has 0 aliphatic carbocycles. The molecule has 0 fully saturated rings. The average molecular weight is 1150 g/mol. The van der Waals surface area contributed by atoms with Gasteiger partial charge in [0.25, 0.3) is 0 Å². The average Bonchev–Trinajstić information content (AvgIpc) is 3.46. The normalized spacial score (nSPS) is 13.9. The van der Waals surface area contributed by atoms with Crippen LogP contribution in [0.5, 0.6) is 0 Å². The second-order valence-electron chi connectivity index (χ2n) is 21.9. The van der Waals surface area contributed by atoms with E-state index in [-0.39, 0.29) is 38.6 Å². The number of ether oxygens (including phenoxy) is 4. The number of carbonyl (C=O) groups is 3. The molecule has 0 saturated heterocycles. The van der Waals surface area contributed by atoms with Crippen LogP contribution in [0.3, 0.4) is 0 Å². The number of likely N-dealkylation sites (N-methyl/N-ethyl adjacent to an activating group) is 1. The first-order valence-electron chi connectivity index (χ1n) is 32.3. The van der Waals surface area contributed by atoms with Crippen molar-refractivity contribution in [2.24, 2.45) is 0 Å². The summed E-state index contributed by atoms with van der Waals surface area (Å²) in [5.41, 5.74) is 0. The first kappa shape index (κ1) is 77.7. The molecule has 0 saturated carbocycles. The van der Waals surface area contributed by atoms with Crippen molar-refractivity contribution in [3.8, 4) is 0 Å². The van der Waals surface area contributed by atoms with Crippen LogP contribution in [0.25, 0.3) is 0 Å². The Morgan fingerprint density at radius 2 is 0.651 bits per heavy atom. The molecule has 0 aliphatic heterocycles. The first-order valence-corrected chi connectivity index (χ1v) is 32.3. The number of carbonyl (C=O) groups excluding carboxylic acids is 3. The van der Waals surface area contributed by atoms with Gasteiger partial charge in [-0.1, -0.05) is 248 Å².